The maximum atomic E-state index is 10.7. The van der Waals surface area contributed by atoms with E-state index in [2.05, 4.69) is 13.3 Å². The number of rotatable bonds is 4. The third kappa shape index (κ3) is 3.28. The molecule has 1 atom stereocenters. The molecule has 0 rings (SSSR count). The third-order valence-electron chi connectivity index (χ3n) is 1.48. The predicted octanol–water partition coefficient (Wildman–Crippen LogP) is 2.22. The van der Waals surface area contributed by atoms with Crippen LogP contribution in [0.4, 0.5) is 0 Å². The van der Waals surface area contributed by atoms with E-state index in [1.165, 1.54) is 0 Å². The zero-order chi connectivity index (χ0) is 7.28. The van der Waals surface area contributed by atoms with Crippen molar-refractivity contribution in [3.05, 3.63) is 6.42 Å². The van der Waals surface area contributed by atoms with Crippen molar-refractivity contribution < 1.29 is 4.79 Å². The minimum absolute atomic E-state index is 0.204. The van der Waals surface area contributed by atoms with Crippen LogP contribution in [0, 0.1) is 12.3 Å². The van der Waals surface area contributed by atoms with Gasteiger partial charge in [-0.3, -0.25) is 4.79 Å². The molecule has 0 heterocycles. The monoisotopic (exact) mass is 127 g/mol. The lowest BCUT2D eigenvalue weighted by molar-refractivity contribution is -0.119. The van der Waals surface area contributed by atoms with Crippen LogP contribution in [-0.4, -0.2) is 5.78 Å². The summed E-state index contributed by atoms with van der Waals surface area (Å²) >= 11 is 0. The van der Waals surface area contributed by atoms with Gasteiger partial charge < -0.3 is 0 Å². The van der Waals surface area contributed by atoms with Gasteiger partial charge in [0.15, 0.2) is 0 Å². The first kappa shape index (κ1) is 8.67. The molecule has 0 fully saturated rings. The van der Waals surface area contributed by atoms with E-state index in [1.54, 1.807) is 6.92 Å². The molecular weight excluding hydrogens is 112 g/mol. The molecule has 1 heteroatoms. The SMILES string of the molecule is CC[CH]C(CC)C(C)=O. The van der Waals surface area contributed by atoms with Crippen molar-refractivity contribution in [2.24, 2.45) is 5.92 Å². The predicted molar refractivity (Wildman–Crippen MR) is 39.1 cm³/mol. The van der Waals surface area contributed by atoms with Gasteiger partial charge in [-0.25, -0.2) is 0 Å². The molecule has 1 unspecified atom stereocenters. The van der Waals surface area contributed by atoms with Crippen LogP contribution in [0.5, 0.6) is 0 Å². The fourth-order valence-corrected chi connectivity index (χ4v) is 0.905. The van der Waals surface area contributed by atoms with Gasteiger partial charge in [0.25, 0.3) is 0 Å². The van der Waals surface area contributed by atoms with E-state index >= 15 is 0 Å². The summed E-state index contributed by atoms with van der Waals surface area (Å²) in [6, 6.07) is 0. The first-order chi connectivity index (χ1) is 4.22. The van der Waals surface area contributed by atoms with Crippen LogP contribution in [0.2, 0.25) is 0 Å². The maximum absolute atomic E-state index is 10.7. The van der Waals surface area contributed by atoms with Gasteiger partial charge in [-0.2, -0.15) is 0 Å². The minimum atomic E-state index is 0.204. The average Bonchev–Trinajstić information content (AvgIpc) is 1.82. The fourth-order valence-electron chi connectivity index (χ4n) is 0.905. The highest BCUT2D eigenvalue weighted by atomic mass is 16.1. The highest BCUT2D eigenvalue weighted by Gasteiger charge is 2.08. The highest BCUT2D eigenvalue weighted by Crippen LogP contribution is 2.09. The molecular formula is C8H15O. The Balaban J connectivity index is 3.54. The van der Waals surface area contributed by atoms with E-state index in [1.807, 2.05) is 6.92 Å². The number of carbonyl (C=O) groups excluding carboxylic acids is 1. The number of carbonyl (C=O) groups is 1. The van der Waals surface area contributed by atoms with Crippen molar-refractivity contribution in [1.82, 2.24) is 0 Å². The molecule has 9 heavy (non-hydrogen) atoms. The zero-order valence-electron chi connectivity index (χ0n) is 6.48. The second-order valence-corrected chi connectivity index (χ2v) is 2.27. The van der Waals surface area contributed by atoms with Gasteiger partial charge in [-0.1, -0.05) is 20.3 Å². The third-order valence-corrected chi connectivity index (χ3v) is 1.48. The van der Waals surface area contributed by atoms with Gasteiger partial charge in [0.2, 0.25) is 0 Å². The Hall–Kier alpha value is -0.330. The molecule has 0 aromatic carbocycles. The van der Waals surface area contributed by atoms with Gasteiger partial charge >= 0.3 is 0 Å². The van der Waals surface area contributed by atoms with Gasteiger partial charge in [-0.05, 0) is 19.8 Å². The van der Waals surface area contributed by atoms with Crippen LogP contribution >= 0.6 is 0 Å². The maximum Gasteiger partial charge on any atom is 0.133 e. The van der Waals surface area contributed by atoms with Crippen molar-refractivity contribution in [2.75, 3.05) is 0 Å². The van der Waals surface area contributed by atoms with Crippen LogP contribution in [0.3, 0.4) is 0 Å². The van der Waals surface area contributed by atoms with Crippen molar-refractivity contribution in [1.29, 1.82) is 0 Å². The molecule has 0 aromatic heterocycles. The molecule has 0 aliphatic carbocycles. The Labute approximate surface area is 57.5 Å². The second-order valence-electron chi connectivity index (χ2n) is 2.27. The van der Waals surface area contributed by atoms with Gasteiger partial charge in [0.1, 0.15) is 5.78 Å². The zero-order valence-corrected chi connectivity index (χ0v) is 6.48. The summed E-state index contributed by atoms with van der Waals surface area (Å²) in [6.07, 6.45) is 4.02. The van der Waals surface area contributed by atoms with E-state index in [0.717, 1.165) is 12.8 Å². The van der Waals surface area contributed by atoms with Crippen molar-refractivity contribution >= 4 is 5.78 Å². The van der Waals surface area contributed by atoms with Crippen molar-refractivity contribution in [3.63, 3.8) is 0 Å². The molecule has 0 aliphatic rings. The van der Waals surface area contributed by atoms with E-state index < -0.39 is 0 Å². The van der Waals surface area contributed by atoms with E-state index in [4.69, 9.17) is 0 Å². The molecule has 0 saturated carbocycles. The largest absolute Gasteiger partial charge is 0.300 e. The van der Waals surface area contributed by atoms with Crippen molar-refractivity contribution in [3.8, 4) is 0 Å². The standard InChI is InChI=1S/C8H15O/c1-4-6-8(5-2)7(3)9/h6,8H,4-5H2,1-3H3. The fraction of sp³-hybridized carbons (Fsp3) is 0.750. The Morgan fingerprint density at radius 3 is 2.22 bits per heavy atom. The first-order valence-electron chi connectivity index (χ1n) is 3.56. The first-order valence-corrected chi connectivity index (χ1v) is 3.56. The molecule has 53 valence electrons. The molecule has 0 N–H and O–H groups in total. The van der Waals surface area contributed by atoms with E-state index in [-0.39, 0.29) is 5.92 Å². The van der Waals surface area contributed by atoms with Crippen LogP contribution in [0.25, 0.3) is 0 Å². The summed E-state index contributed by atoms with van der Waals surface area (Å²) in [6.45, 7) is 5.75. The van der Waals surface area contributed by atoms with Gasteiger partial charge in [-0.15, -0.1) is 0 Å². The lowest BCUT2D eigenvalue weighted by atomic mass is 9.97. The number of hydrogen-bond acceptors (Lipinski definition) is 1. The Morgan fingerprint density at radius 2 is 2.11 bits per heavy atom. The normalized spacial score (nSPS) is 13.2. The summed E-state index contributed by atoms with van der Waals surface area (Å²) in [5, 5.41) is 0. The summed E-state index contributed by atoms with van der Waals surface area (Å²) in [7, 11) is 0. The second kappa shape index (κ2) is 4.54. The minimum Gasteiger partial charge on any atom is -0.300 e. The van der Waals surface area contributed by atoms with Gasteiger partial charge in [0, 0.05) is 5.92 Å². The molecule has 0 aromatic rings. The topological polar surface area (TPSA) is 17.1 Å². The lowest BCUT2D eigenvalue weighted by Gasteiger charge is -2.06. The van der Waals surface area contributed by atoms with E-state index in [0.29, 0.717) is 5.78 Å². The average molecular weight is 127 g/mol. The van der Waals surface area contributed by atoms with Crippen molar-refractivity contribution in [2.45, 2.75) is 33.6 Å². The summed E-state index contributed by atoms with van der Waals surface area (Å²) in [5.74, 6) is 0.495. The molecule has 0 aliphatic heterocycles. The number of hydrogen-bond donors (Lipinski definition) is 0. The van der Waals surface area contributed by atoms with Crippen LogP contribution < -0.4 is 0 Å². The lowest BCUT2D eigenvalue weighted by Crippen LogP contribution is -2.09. The number of Topliss-reactive ketones (excluding diaryl/α,β-unsaturated/α-hetero) is 1. The molecule has 0 saturated heterocycles. The Bertz CT molecular complexity index is 86.6. The van der Waals surface area contributed by atoms with Gasteiger partial charge in [0.05, 0.1) is 0 Å². The van der Waals surface area contributed by atoms with Crippen LogP contribution in [0.1, 0.15) is 33.6 Å². The Kier molecular flexibility index (Phi) is 4.37. The highest BCUT2D eigenvalue weighted by molar-refractivity contribution is 5.79. The van der Waals surface area contributed by atoms with E-state index in [9.17, 15) is 4.79 Å². The molecule has 1 nitrogen and oxygen atoms in total. The van der Waals surface area contributed by atoms with Crippen LogP contribution in [0.15, 0.2) is 0 Å². The smallest absolute Gasteiger partial charge is 0.133 e. The molecule has 1 radical (unpaired) electrons. The van der Waals surface area contributed by atoms with Crippen LogP contribution in [-0.2, 0) is 4.79 Å². The molecule has 0 amide bonds. The summed E-state index contributed by atoms with van der Waals surface area (Å²) in [4.78, 5) is 10.7. The molecule has 0 bridgehead atoms. The quantitative estimate of drug-likeness (QED) is 0.566. The number of ketones is 1. The summed E-state index contributed by atoms with van der Waals surface area (Å²) in [5.41, 5.74) is 0. The molecule has 0 spiro atoms. The Morgan fingerprint density at radius 1 is 1.56 bits per heavy atom. The summed E-state index contributed by atoms with van der Waals surface area (Å²) < 4.78 is 0.